The largest absolute Gasteiger partial charge is 0.364 e. The Bertz CT molecular complexity index is 693. The van der Waals surface area contributed by atoms with Crippen LogP contribution in [0.3, 0.4) is 0 Å². The van der Waals surface area contributed by atoms with Gasteiger partial charge in [0, 0.05) is 17.3 Å². The first kappa shape index (κ1) is 17.0. The Morgan fingerprint density at radius 3 is 2.70 bits per heavy atom. The summed E-state index contributed by atoms with van der Waals surface area (Å²) in [5.74, 6) is 0.821. The van der Waals surface area contributed by atoms with Crippen molar-refractivity contribution < 1.29 is 4.92 Å². The van der Waals surface area contributed by atoms with Crippen LogP contribution in [0.15, 0.2) is 30.6 Å². The lowest BCUT2D eigenvalue weighted by atomic mass is 10.1. The Hall–Kier alpha value is -2.41. The van der Waals surface area contributed by atoms with E-state index in [1.165, 1.54) is 6.33 Å². The van der Waals surface area contributed by atoms with Crippen LogP contribution in [0.1, 0.15) is 20.3 Å². The average molecular weight is 336 g/mol. The van der Waals surface area contributed by atoms with Gasteiger partial charge in [-0.15, -0.1) is 0 Å². The molecule has 0 unspecified atom stereocenters. The van der Waals surface area contributed by atoms with Gasteiger partial charge in [-0.3, -0.25) is 10.1 Å². The fourth-order valence-corrected chi connectivity index (χ4v) is 2.15. The molecule has 2 N–H and O–H groups in total. The van der Waals surface area contributed by atoms with E-state index >= 15 is 0 Å². The summed E-state index contributed by atoms with van der Waals surface area (Å²) >= 11 is 5.92. The van der Waals surface area contributed by atoms with Crippen molar-refractivity contribution in [2.45, 2.75) is 20.3 Å². The van der Waals surface area contributed by atoms with Crippen molar-refractivity contribution in [2.24, 2.45) is 5.92 Å². The van der Waals surface area contributed by atoms with Gasteiger partial charge in [0.15, 0.2) is 0 Å². The van der Waals surface area contributed by atoms with Gasteiger partial charge in [0.1, 0.15) is 6.33 Å². The van der Waals surface area contributed by atoms with E-state index < -0.39 is 4.92 Å². The highest BCUT2D eigenvalue weighted by Crippen LogP contribution is 2.31. The molecule has 0 bridgehead atoms. The van der Waals surface area contributed by atoms with Crippen molar-refractivity contribution in [3.8, 4) is 0 Å². The minimum Gasteiger partial charge on any atom is -0.364 e. The van der Waals surface area contributed by atoms with E-state index in [4.69, 9.17) is 11.6 Å². The van der Waals surface area contributed by atoms with Crippen LogP contribution < -0.4 is 10.6 Å². The Kier molecular flexibility index (Phi) is 5.70. The Morgan fingerprint density at radius 2 is 2.04 bits per heavy atom. The first-order valence-corrected chi connectivity index (χ1v) is 7.61. The smallest absolute Gasteiger partial charge is 0.353 e. The molecule has 0 aliphatic rings. The first-order chi connectivity index (χ1) is 11.0. The van der Waals surface area contributed by atoms with Crippen LogP contribution in [-0.4, -0.2) is 21.4 Å². The molecule has 0 saturated carbocycles. The molecule has 0 aliphatic carbocycles. The molecule has 1 heterocycles. The van der Waals surface area contributed by atoms with E-state index in [1.54, 1.807) is 24.3 Å². The molecular weight excluding hydrogens is 318 g/mol. The van der Waals surface area contributed by atoms with E-state index in [2.05, 4.69) is 34.4 Å². The zero-order valence-corrected chi connectivity index (χ0v) is 13.7. The Morgan fingerprint density at radius 1 is 1.30 bits per heavy atom. The van der Waals surface area contributed by atoms with Gasteiger partial charge in [0.25, 0.3) is 0 Å². The number of benzene rings is 1. The number of hydrogen-bond donors (Lipinski definition) is 2. The third-order valence-electron chi connectivity index (χ3n) is 3.11. The Balaban J connectivity index is 2.26. The molecule has 8 heteroatoms. The number of halogens is 1. The van der Waals surface area contributed by atoms with Gasteiger partial charge in [-0.2, -0.15) is 0 Å². The molecule has 0 amide bonds. The van der Waals surface area contributed by atoms with Crippen molar-refractivity contribution in [1.82, 2.24) is 9.97 Å². The van der Waals surface area contributed by atoms with E-state index in [9.17, 15) is 10.1 Å². The third kappa shape index (κ3) is 4.79. The summed E-state index contributed by atoms with van der Waals surface area (Å²) in [5, 5.41) is 17.9. The molecule has 1 aromatic heterocycles. The first-order valence-electron chi connectivity index (χ1n) is 7.23. The van der Waals surface area contributed by atoms with E-state index in [0.29, 0.717) is 23.2 Å². The van der Waals surface area contributed by atoms with Crippen molar-refractivity contribution in [1.29, 1.82) is 0 Å². The van der Waals surface area contributed by atoms with Crippen LogP contribution in [0.2, 0.25) is 5.02 Å². The van der Waals surface area contributed by atoms with Crippen molar-refractivity contribution >= 4 is 34.6 Å². The van der Waals surface area contributed by atoms with Crippen molar-refractivity contribution in [3.63, 3.8) is 0 Å². The lowest BCUT2D eigenvalue weighted by Gasteiger charge is -2.11. The number of aromatic nitrogens is 2. The normalized spacial score (nSPS) is 10.6. The fourth-order valence-electron chi connectivity index (χ4n) is 1.95. The molecule has 2 aromatic rings. The van der Waals surface area contributed by atoms with Crippen LogP contribution in [0.5, 0.6) is 0 Å². The minimum atomic E-state index is -0.495. The molecule has 2 rings (SSSR count). The molecule has 0 fully saturated rings. The lowest BCUT2D eigenvalue weighted by molar-refractivity contribution is -0.383. The molecule has 0 spiro atoms. The van der Waals surface area contributed by atoms with Crippen LogP contribution in [0.4, 0.5) is 23.0 Å². The summed E-state index contributed by atoms with van der Waals surface area (Å²) < 4.78 is 0. The van der Waals surface area contributed by atoms with Gasteiger partial charge in [-0.25, -0.2) is 9.97 Å². The van der Waals surface area contributed by atoms with Crippen LogP contribution in [0, 0.1) is 16.0 Å². The second-order valence-corrected chi connectivity index (χ2v) is 5.86. The minimum absolute atomic E-state index is 0.124. The quantitative estimate of drug-likeness (QED) is 0.580. The molecule has 7 nitrogen and oxygen atoms in total. The lowest BCUT2D eigenvalue weighted by Crippen LogP contribution is -2.10. The van der Waals surface area contributed by atoms with Gasteiger partial charge in [-0.05, 0) is 30.5 Å². The predicted octanol–water partition coefficient (Wildman–Crippen LogP) is 4.24. The summed E-state index contributed by atoms with van der Waals surface area (Å²) in [7, 11) is 0. The number of nitrogens with zero attached hydrogens (tertiary/aromatic N) is 3. The van der Waals surface area contributed by atoms with Gasteiger partial charge in [0.05, 0.1) is 4.92 Å². The molecule has 1 aromatic carbocycles. The highest BCUT2D eigenvalue weighted by molar-refractivity contribution is 6.30. The second-order valence-electron chi connectivity index (χ2n) is 5.42. The highest BCUT2D eigenvalue weighted by atomic mass is 35.5. The maximum Gasteiger partial charge on any atom is 0.353 e. The number of nitrogens with one attached hydrogen (secondary N) is 2. The highest BCUT2D eigenvalue weighted by Gasteiger charge is 2.23. The van der Waals surface area contributed by atoms with Gasteiger partial charge >= 0.3 is 5.69 Å². The summed E-state index contributed by atoms with van der Waals surface area (Å²) in [4.78, 5) is 18.9. The van der Waals surface area contributed by atoms with E-state index in [0.717, 1.165) is 6.42 Å². The van der Waals surface area contributed by atoms with Crippen molar-refractivity contribution in [2.75, 3.05) is 17.2 Å². The monoisotopic (exact) mass is 335 g/mol. The van der Waals surface area contributed by atoms with E-state index in [-0.39, 0.29) is 17.3 Å². The number of hydrogen-bond acceptors (Lipinski definition) is 6. The van der Waals surface area contributed by atoms with Crippen LogP contribution >= 0.6 is 11.6 Å². The van der Waals surface area contributed by atoms with Gasteiger partial charge in [0.2, 0.25) is 11.6 Å². The van der Waals surface area contributed by atoms with Gasteiger partial charge in [-0.1, -0.05) is 31.5 Å². The predicted molar refractivity (Wildman–Crippen MR) is 91.4 cm³/mol. The molecule has 0 saturated heterocycles. The molecule has 0 aliphatic heterocycles. The fraction of sp³-hybridized carbons (Fsp3) is 0.333. The third-order valence-corrected chi connectivity index (χ3v) is 3.34. The SMILES string of the molecule is CC(C)CCNc1ncnc(Nc2cccc(Cl)c2)c1[N+](=O)[O-]. The topological polar surface area (TPSA) is 93.0 Å². The molecule has 0 radical (unpaired) electrons. The van der Waals surface area contributed by atoms with Crippen molar-refractivity contribution in [3.05, 3.63) is 45.7 Å². The average Bonchev–Trinajstić information content (AvgIpc) is 2.46. The number of rotatable bonds is 7. The molecule has 23 heavy (non-hydrogen) atoms. The molecular formula is C15H18ClN5O2. The number of nitro groups is 1. The molecule has 122 valence electrons. The van der Waals surface area contributed by atoms with Crippen LogP contribution in [0.25, 0.3) is 0 Å². The summed E-state index contributed by atoms with van der Waals surface area (Å²) in [6.45, 7) is 4.77. The summed E-state index contributed by atoms with van der Waals surface area (Å²) in [6.07, 6.45) is 2.18. The van der Waals surface area contributed by atoms with Crippen LogP contribution in [-0.2, 0) is 0 Å². The maximum atomic E-state index is 11.4. The zero-order valence-electron chi connectivity index (χ0n) is 12.9. The Labute approximate surface area is 139 Å². The standard InChI is InChI=1S/C15H18ClN5O2/c1-10(2)6-7-17-14-13(21(22)23)15(19-9-18-14)20-12-5-3-4-11(16)8-12/h3-5,8-10H,6-7H2,1-2H3,(H2,17,18,19,20). The zero-order chi connectivity index (χ0) is 16.8. The van der Waals surface area contributed by atoms with E-state index in [1.807, 2.05) is 0 Å². The van der Waals surface area contributed by atoms with Gasteiger partial charge < -0.3 is 10.6 Å². The second kappa shape index (κ2) is 7.73. The summed E-state index contributed by atoms with van der Waals surface area (Å²) in [6, 6.07) is 6.89. The number of anilines is 3. The summed E-state index contributed by atoms with van der Waals surface area (Å²) in [5.41, 5.74) is 0.434. The maximum absolute atomic E-state index is 11.4. The molecule has 0 atom stereocenters.